The quantitative estimate of drug-likeness (QED) is 0.613. The lowest BCUT2D eigenvalue weighted by Crippen LogP contribution is -2.55. The summed E-state index contributed by atoms with van der Waals surface area (Å²) in [4.78, 5) is 20.9. The first kappa shape index (κ1) is 20.7. The van der Waals surface area contributed by atoms with E-state index in [0.717, 1.165) is 16.5 Å². The minimum absolute atomic E-state index is 0.0315. The van der Waals surface area contributed by atoms with Gasteiger partial charge in [-0.05, 0) is 45.0 Å². The molecule has 170 valence electrons. The van der Waals surface area contributed by atoms with Crippen molar-refractivity contribution < 1.29 is 18.8 Å². The molecule has 2 aliphatic heterocycles. The Hall–Kier alpha value is -3.14. The highest BCUT2D eigenvalue weighted by Crippen LogP contribution is 2.28. The number of rotatable bonds is 3. The third kappa shape index (κ3) is 3.90. The fraction of sp³-hybridized carbons (Fsp3) is 0.545. The maximum Gasteiger partial charge on any atom is 0.410 e. The standard InChI is InChI=1S/C22H28N6O4/c1-14-11-26(7-8-27(14)21(29)31-22(2,3)4)20-24-19(32-25-20)15-5-6-16-10-23-28(18(16)9-15)17-12-30-13-17/h5-6,9-10,14,17H,7-8,11-13H2,1-4H3/t14-/m0/s1. The van der Waals surface area contributed by atoms with E-state index in [4.69, 9.17) is 14.0 Å². The van der Waals surface area contributed by atoms with Crippen LogP contribution in [0.5, 0.6) is 0 Å². The van der Waals surface area contributed by atoms with E-state index in [1.807, 2.05) is 61.7 Å². The molecule has 2 saturated heterocycles. The Bertz CT molecular complexity index is 1130. The van der Waals surface area contributed by atoms with Gasteiger partial charge in [0.05, 0.1) is 31.0 Å². The van der Waals surface area contributed by atoms with Crippen molar-refractivity contribution in [3.05, 3.63) is 24.4 Å². The van der Waals surface area contributed by atoms with Gasteiger partial charge in [-0.25, -0.2) is 4.79 Å². The second-order valence-electron chi connectivity index (χ2n) is 9.42. The minimum Gasteiger partial charge on any atom is -0.444 e. The smallest absolute Gasteiger partial charge is 0.410 e. The van der Waals surface area contributed by atoms with E-state index in [2.05, 4.69) is 15.2 Å². The Morgan fingerprint density at radius 2 is 2.03 bits per heavy atom. The highest BCUT2D eigenvalue weighted by Gasteiger charge is 2.32. The third-order valence-corrected chi connectivity index (χ3v) is 5.77. The van der Waals surface area contributed by atoms with Gasteiger partial charge >= 0.3 is 6.09 Å². The first-order valence-corrected chi connectivity index (χ1v) is 10.9. The summed E-state index contributed by atoms with van der Waals surface area (Å²) in [6, 6.07) is 6.24. The van der Waals surface area contributed by atoms with Crippen molar-refractivity contribution in [2.45, 2.75) is 45.4 Å². The van der Waals surface area contributed by atoms with Crippen LogP contribution in [0.4, 0.5) is 10.7 Å². The van der Waals surface area contributed by atoms with Crippen LogP contribution in [-0.2, 0) is 9.47 Å². The van der Waals surface area contributed by atoms with Crippen LogP contribution in [-0.4, -0.2) is 75.4 Å². The number of aromatic nitrogens is 4. The van der Waals surface area contributed by atoms with Crippen molar-refractivity contribution in [1.29, 1.82) is 0 Å². The van der Waals surface area contributed by atoms with Crippen molar-refractivity contribution in [2.24, 2.45) is 0 Å². The van der Waals surface area contributed by atoms with Crippen molar-refractivity contribution in [3.63, 3.8) is 0 Å². The Balaban J connectivity index is 1.31. The van der Waals surface area contributed by atoms with E-state index in [1.54, 1.807) is 4.90 Å². The Kier molecular flexibility index (Phi) is 5.04. The fourth-order valence-corrected chi connectivity index (χ4v) is 4.02. The third-order valence-electron chi connectivity index (χ3n) is 5.77. The number of hydrogen-bond acceptors (Lipinski definition) is 8. The molecule has 32 heavy (non-hydrogen) atoms. The molecule has 0 saturated carbocycles. The van der Waals surface area contributed by atoms with Crippen LogP contribution >= 0.6 is 0 Å². The van der Waals surface area contributed by atoms with Gasteiger partial charge in [0.1, 0.15) is 5.60 Å². The minimum atomic E-state index is -0.515. The highest BCUT2D eigenvalue weighted by atomic mass is 16.6. The molecule has 4 heterocycles. The summed E-state index contributed by atoms with van der Waals surface area (Å²) in [7, 11) is 0. The number of piperazine rings is 1. The van der Waals surface area contributed by atoms with Crippen LogP contribution in [0.15, 0.2) is 28.9 Å². The first-order chi connectivity index (χ1) is 15.3. The maximum atomic E-state index is 12.5. The number of hydrogen-bond donors (Lipinski definition) is 0. The van der Waals surface area contributed by atoms with E-state index in [-0.39, 0.29) is 18.2 Å². The Labute approximate surface area is 186 Å². The maximum absolute atomic E-state index is 12.5. The van der Waals surface area contributed by atoms with Crippen LogP contribution in [0.3, 0.4) is 0 Å². The van der Waals surface area contributed by atoms with Gasteiger partial charge in [-0.2, -0.15) is 10.1 Å². The zero-order chi connectivity index (χ0) is 22.5. The van der Waals surface area contributed by atoms with Gasteiger partial charge in [0.2, 0.25) is 0 Å². The number of amides is 1. The van der Waals surface area contributed by atoms with Crippen LogP contribution in [0.25, 0.3) is 22.4 Å². The van der Waals surface area contributed by atoms with E-state index < -0.39 is 5.60 Å². The zero-order valence-electron chi connectivity index (χ0n) is 18.8. The molecule has 1 amide bonds. The van der Waals surface area contributed by atoms with Gasteiger partial charge in [0, 0.05) is 36.6 Å². The summed E-state index contributed by atoms with van der Waals surface area (Å²) < 4.78 is 18.4. The molecule has 0 N–H and O–H groups in total. The molecule has 1 aromatic carbocycles. The van der Waals surface area contributed by atoms with Crippen molar-refractivity contribution in [2.75, 3.05) is 37.7 Å². The summed E-state index contributed by atoms with van der Waals surface area (Å²) in [5.41, 5.74) is 1.35. The number of ether oxygens (including phenoxy) is 2. The predicted molar refractivity (Wildman–Crippen MR) is 117 cm³/mol. The number of anilines is 1. The fourth-order valence-electron chi connectivity index (χ4n) is 4.02. The Morgan fingerprint density at radius 3 is 2.72 bits per heavy atom. The van der Waals surface area contributed by atoms with Gasteiger partial charge in [-0.15, -0.1) is 0 Å². The summed E-state index contributed by atoms with van der Waals surface area (Å²) in [6.07, 6.45) is 1.57. The molecule has 2 aromatic heterocycles. The molecule has 3 aromatic rings. The average Bonchev–Trinajstić information content (AvgIpc) is 3.33. The highest BCUT2D eigenvalue weighted by molar-refractivity contribution is 5.83. The summed E-state index contributed by atoms with van der Waals surface area (Å²) in [6.45, 7) is 10.7. The molecule has 0 radical (unpaired) electrons. The average molecular weight is 441 g/mol. The molecular weight excluding hydrogens is 412 g/mol. The van der Waals surface area contributed by atoms with Gasteiger partial charge < -0.3 is 23.8 Å². The predicted octanol–water partition coefficient (Wildman–Crippen LogP) is 3.10. The molecule has 0 spiro atoms. The van der Waals surface area contributed by atoms with Crippen LogP contribution in [0, 0.1) is 0 Å². The lowest BCUT2D eigenvalue weighted by Gasteiger charge is -2.39. The first-order valence-electron chi connectivity index (χ1n) is 10.9. The molecular formula is C22H28N6O4. The number of benzene rings is 1. The largest absolute Gasteiger partial charge is 0.444 e. The van der Waals surface area contributed by atoms with E-state index in [0.29, 0.717) is 44.7 Å². The molecule has 2 fully saturated rings. The number of nitrogens with zero attached hydrogens (tertiary/aromatic N) is 6. The second-order valence-corrected chi connectivity index (χ2v) is 9.42. The van der Waals surface area contributed by atoms with Crippen LogP contribution in [0.2, 0.25) is 0 Å². The molecule has 10 nitrogen and oxygen atoms in total. The SMILES string of the molecule is C[C@H]1CN(c2noc(-c3ccc4cnn(C5COC5)c4c3)n2)CCN1C(=O)OC(C)(C)C. The van der Waals surface area contributed by atoms with E-state index in [1.165, 1.54) is 0 Å². The zero-order valence-corrected chi connectivity index (χ0v) is 18.8. The van der Waals surface area contributed by atoms with Crippen LogP contribution in [0.1, 0.15) is 33.7 Å². The van der Waals surface area contributed by atoms with Crippen molar-refractivity contribution in [3.8, 4) is 11.5 Å². The Morgan fingerprint density at radius 1 is 1.22 bits per heavy atom. The topological polar surface area (TPSA) is 98.8 Å². The monoisotopic (exact) mass is 440 g/mol. The van der Waals surface area contributed by atoms with Crippen LogP contribution < -0.4 is 4.90 Å². The summed E-state index contributed by atoms with van der Waals surface area (Å²) in [5.74, 6) is 0.985. The summed E-state index contributed by atoms with van der Waals surface area (Å²) in [5, 5.41) is 9.76. The lowest BCUT2D eigenvalue weighted by molar-refractivity contribution is -0.0266. The van der Waals surface area contributed by atoms with Gasteiger partial charge in [0.25, 0.3) is 11.8 Å². The molecule has 10 heteroatoms. The van der Waals surface area contributed by atoms with E-state index >= 15 is 0 Å². The van der Waals surface area contributed by atoms with Gasteiger partial charge in [0.15, 0.2) is 0 Å². The normalized spacial score (nSPS) is 19.9. The van der Waals surface area contributed by atoms with Crippen molar-refractivity contribution in [1.82, 2.24) is 24.8 Å². The van der Waals surface area contributed by atoms with Gasteiger partial charge in [-0.3, -0.25) is 4.68 Å². The molecule has 2 aliphatic rings. The van der Waals surface area contributed by atoms with Gasteiger partial charge in [-0.1, -0.05) is 6.07 Å². The van der Waals surface area contributed by atoms with Crippen molar-refractivity contribution >= 4 is 22.9 Å². The molecule has 1 atom stereocenters. The number of carbonyl (C=O) groups is 1. The number of fused-ring (bicyclic) bond motifs is 1. The number of carbonyl (C=O) groups excluding carboxylic acids is 1. The molecule has 0 unspecified atom stereocenters. The lowest BCUT2D eigenvalue weighted by atomic mass is 10.1. The molecule has 5 rings (SSSR count). The molecule has 0 bridgehead atoms. The molecule has 0 aliphatic carbocycles. The van der Waals surface area contributed by atoms with E-state index in [9.17, 15) is 4.79 Å². The summed E-state index contributed by atoms with van der Waals surface area (Å²) >= 11 is 0. The second kappa shape index (κ2) is 7.77.